The van der Waals surface area contributed by atoms with E-state index in [0.717, 1.165) is 16.0 Å². The zero-order chi connectivity index (χ0) is 12.3. The molecule has 0 saturated carbocycles. The monoisotopic (exact) mass is 251 g/mol. The molecule has 0 aliphatic carbocycles. The van der Waals surface area contributed by atoms with E-state index in [2.05, 4.69) is 10.3 Å². The molecule has 0 saturated heterocycles. The molecular formula is C11H13N3O2S. The summed E-state index contributed by atoms with van der Waals surface area (Å²) in [4.78, 5) is 15.4. The topological polar surface area (TPSA) is 77.2 Å². The van der Waals surface area contributed by atoms with Crippen LogP contribution in [0.3, 0.4) is 0 Å². The average Bonchev–Trinajstić information content (AvgIpc) is 2.70. The maximum Gasteiger partial charge on any atom is 0.239 e. The molecule has 0 aliphatic rings. The van der Waals surface area contributed by atoms with Crippen molar-refractivity contribution in [2.75, 3.05) is 18.5 Å². The van der Waals surface area contributed by atoms with Gasteiger partial charge in [0.15, 0.2) is 5.13 Å². The van der Waals surface area contributed by atoms with Crippen molar-refractivity contribution in [3.8, 4) is 5.75 Å². The Morgan fingerprint density at radius 1 is 1.59 bits per heavy atom. The lowest BCUT2D eigenvalue weighted by Gasteiger charge is -2.00. The number of nitrogens with two attached hydrogens (primary N) is 1. The maximum absolute atomic E-state index is 11.1. The fraction of sp³-hybridized carbons (Fsp3) is 0.273. The third-order valence-electron chi connectivity index (χ3n) is 2.10. The molecule has 90 valence electrons. The van der Waals surface area contributed by atoms with Crippen LogP contribution in [0.25, 0.3) is 10.2 Å². The summed E-state index contributed by atoms with van der Waals surface area (Å²) in [6, 6.07) is 5.64. The Morgan fingerprint density at radius 3 is 3.12 bits per heavy atom. The molecule has 17 heavy (non-hydrogen) atoms. The second kappa shape index (κ2) is 5.11. The number of amides is 1. The molecule has 5 nitrogen and oxygen atoms in total. The number of carbonyl (C=O) groups is 1. The fourth-order valence-corrected chi connectivity index (χ4v) is 2.30. The van der Waals surface area contributed by atoms with Gasteiger partial charge in [-0.1, -0.05) is 11.3 Å². The molecule has 0 fully saturated rings. The van der Waals surface area contributed by atoms with Crippen LogP contribution in [-0.2, 0) is 4.79 Å². The first-order valence-corrected chi connectivity index (χ1v) is 6.08. The predicted molar refractivity (Wildman–Crippen MR) is 68.5 cm³/mol. The number of thiazole rings is 1. The second-order valence-electron chi connectivity index (χ2n) is 3.33. The lowest BCUT2D eigenvalue weighted by molar-refractivity contribution is -0.114. The molecule has 1 aromatic carbocycles. The van der Waals surface area contributed by atoms with Crippen LogP contribution in [0, 0.1) is 0 Å². The van der Waals surface area contributed by atoms with Gasteiger partial charge in [0.25, 0.3) is 0 Å². The quantitative estimate of drug-likeness (QED) is 0.865. The number of carbonyl (C=O) groups excluding carboxylic acids is 1. The van der Waals surface area contributed by atoms with Crippen LogP contribution in [0.5, 0.6) is 5.75 Å². The van der Waals surface area contributed by atoms with E-state index in [1.54, 1.807) is 0 Å². The summed E-state index contributed by atoms with van der Waals surface area (Å²) in [5.74, 6) is 0.564. The lowest BCUT2D eigenvalue weighted by atomic mass is 10.3. The van der Waals surface area contributed by atoms with E-state index in [-0.39, 0.29) is 12.5 Å². The Hall–Kier alpha value is -1.66. The fourth-order valence-electron chi connectivity index (χ4n) is 1.39. The highest BCUT2D eigenvalue weighted by Gasteiger charge is 2.07. The smallest absolute Gasteiger partial charge is 0.239 e. The van der Waals surface area contributed by atoms with E-state index in [1.807, 2.05) is 25.1 Å². The van der Waals surface area contributed by atoms with Gasteiger partial charge in [-0.2, -0.15) is 0 Å². The number of nitrogens with zero attached hydrogens (tertiary/aromatic N) is 1. The molecule has 0 spiro atoms. The summed E-state index contributed by atoms with van der Waals surface area (Å²) < 4.78 is 6.37. The van der Waals surface area contributed by atoms with Gasteiger partial charge in [-0.05, 0) is 25.1 Å². The summed E-state index contributed by atoms with van der Waals surface area (Å²) in [6.45, 7) is 2.52. The number of rotatable bonds is 4. The molecule has 3 N–H and O–H groups in total. The van der Waals surface area contributed by atoms with Crippen molar-refractivity contribution >= 4 is 32.6 Å². The van der Waals surface area contributed by atoms with Gasteiger partial charge in [-0.3, -0.25) is 4.79 Å². The summed E-state index contributed by atoms with van der Waals surface area (Å²) in [5.41, 5.74) is 6.06. The van der Waals surface area contributed by atoms with Crippen molar-refractivity contribution in [1.82, 2.24) is 4.98 Å². The molecule has 0 atom stereocenters. The molecular weight excluding hydrogens is 238 g/mol. The van der Waals surface area contributed by atoms with Crippen molar-refractivity contribution in [1.29, 1.82) is 0 Å². The normalized spacial score (nSPS) is 10.5. The number of aromatic nitrogens is 1. The van der Waals surface area contributed by atoms with Crippen LogP contribution in [0.1, 0.15) is 6.92 Å². The molecule has 0 unspecified atom stereocenters. The third kappa shape index (κ3) is 2.72. The van der Waals surface area contributed by atoms with Gasteiger partial charge in [0, 0.05) is 0 Å². The van der Waals surface area contributed by atoms with E-state index < -0.39 is 0 Å². The van der Waals surface area contributed by atoms with Crippen molar-refractivity contribution in [3.63, 3.8) is 0 Å². The highest BCUT2D eigenvalue weighted by atomic mass is 32.1. The van der Waals surface area contributed by atoms with Gasteiger partial charge in [-0.15, -0.1) is 0 Å². The molecule has 1 aromatic heterocycles. The number of ether oxygens (including phenoxy) is 1. The first-order valence-electron chi connectivity index (χ1n) is 5.26. The molecule has 2 rings (SSSR count). The van der Waals surface area contributed by atoms with Crippen LogP contribution >= 0.6 is 11.3 Å². The largest absolute Gasteiger partial charge is 0.494 e. The molecule has 0 aliphatic heterocycles. The van der Waals surface area contributed by atoms with Gasteiger partial charge < -0.3 is 15.8 Å². The minimum absolute atomic E-state index is 0.0415. The Balaban J connectivity index is 2.27. The molecule has 0 bridgehead atoms. The van der Waals surface area contributed by atoms with Crippen molar-refractivity contribution in [3.05, 3.63) is 18.2 Å². The molecule has 6 heteroatoms. The summed E-state index contributed by atoms with van der Waals surface area (Å²) in [7, 11) is 0. The Labute approximate surface area is 103 Å². The van der Waals surface area contributed by atoms with Crippen LogP contribution in [0.2, 0.25) is 0 Å². The minimum atomic E-state index is -0.242. The summed E-state index contributed by atoms with van der Waals surface area (Å²) in [6.07, 6.45) is 0. The third-order valence-corrected chi connectivity index (χ3v) is 3.04. The van der Waals surface area contributed by atoms with Gasteiger partial charge in [-0.25, -0.2) is 4.98 Å². The van der Waals surface area contributed by atoms with E-state index in [4.69, 9.17) is 10.5 Å². The van der Waals surface area contributed by atoms with Gasteiger partial charge in [0.2, 0.25) is 5.91 Å². The zero-order valence-electron chi connectivity index (χ0n) is 9.40. The second-order valence-corrected chi connectivity index (χ2v) is 4.36. The molecule has 1 amide bonds. The highest BCUT2D eigenvalue weighted by Crippen LogP contribution is 2.29. The Kier molecular flexibility index (Phi) is 3.55. The Bertz CT molecular complexity index is 538. The van der Waals surface area contributed by atoms with E-state index >= 15 is 0 Å². The van der Waals surface area contributed by atoms with Gasteiger partial charge in [0.1, 0.15) is 5.75 Å². The zero-order valence-corrected chi connectivity index (χ0v) is 10.2. The first kappa shape index (κ1) is 11.8. The maximum atomic E-state index is 11.1. The van der Waals surface area contributed by atoms with Gasteiger partial charge >= 0.3 is 0 Å². The van der Waals surface area contributed by atoms with Crippen molar-refractivity contribution in [2.24, 2.45) is 5.73 Å². The SMILES string of the molecule is CCOc1ccc2nc(NC(=O)CN)sc2c1. The van der Waals surface area contributed by atoms with Crippen LogP contribution < -0.4 is 15.8 Å². The standard InChI is InChI=1S/C11H13N3O2S/c1-2-16-7-3-4-8-9(5-7)17-11(13-8)14-10(15)6-12/h3-5H,2,6,12H2,1H3,(H,13,14,15). The number of hydrogen-bond donors (Lipinski definition) is 2. The predicted octanol–water partition coefficient (Wildman–Crippen LogP) is 1.59. The van der Waals surface area contributed by atoms with Crippen LogP contribution in [0.15, 0.2) is 18.2 Å². The molecule has 2 aromatic rings. The number of nitrogens with one attached hydrogen (secondary N) is 1. The first-order chi connectivity index (χ1) is 8.22. The van der Waals surface area contributed by atoms with E-state index in [0.29, 0.717) is 11.7 Å². The number of anilines is 1. The number of fused-ring (bicyclic) bond motifs is 1. The van der Waals surface area contributed by atoms with Crippen LogP contribution in [0.4, 0.5) is 5.13 Å². The van der Waals surface area contributed by atoms with Crippen molar-refractivity contribution in [2.45, 2.75) is 6.92 Å². The average molecular weight is 251 g/mol. The lowest BCUT2D eigenvalue weighted by Crippen LogP contribution is -2.21. The van der Waals surface area contributed by atoms with Gasteiger partial charge in [0.05, 0.1) is 23.4 Å². The minimum Gasteiger partial charge on any atom is -0.494 e. The number of benzene rings is 1. The molecule has 1 heterocycles. The number of hydrogen-bond acceptors (Lipinski definition) is 5. The summed E-state index contributed by atoms with van der Waals surface area (Å²) >= 11 is 1.40. The van der Waals surface area contributed by atoms with Crippen molar-refractivity contribution < 1.29 is 9.53 Å². The summed E-state index contributed by atoms with van der Waals surface area (Å²) in [5, 5.41) is 3.19. The van der Waals surface area contributed by atoms with E-state index in [1.165, 1.54) is 11.3 Å². The van der Waals surface area contributed by atoms with Crippen LogP contribution in [-0.4, -0.2) is 24.0 Å². The molecule has 0 radical (unpaired) electrons. The Morgan fingerprint density at radius 2 is 2.41 bits per heavy atom. The van der Waals surface area contributed by atoms with E-state index in [9.17, 15) is 4.79 Å². The highest BCUT2D eigenvalue weighted by molar-refractivity contribution is 7.22.